The van der Waals surface area contributed by atoms with Crippen LogP contribution in [0.5, 0.6) is 0 Å². The Kier molecular flexibility index (Phi) is 6.55. The van der Waals surface area contributed by atoms with Gasteiger partial charge >= 0.3 is 0 Å². The van der Waals surface area contributed by atoms with E-state index >= 15 is 0 Å². The summed E-state index contributed by atoms with van der Waals surface area (Å²) in [6.45, 7) is 3.95. The molecule has 1 atom stereocenters. The summed E-state index contributed by atoms with van der Waals surface area (Å²) in [4.78, 5) is 6.93. The molecule has 2 aromatic carbocycles. The Morgan fingerprint density at radius 3 is 2.43 bits per heavy atom. The van der Waals surface area contributed by atoms with E-state index in [4.69, 9.17) is 9.72 Å². The fraction of sp³-hybridized carbons (Fsp3) is 0.308. The standard InChI is InChI=1S/C26H29N5O3S/c1-19(34-2)21-9-11-23(12-10-21)27-26-28-25-24(4-3-13-31(25)29-26)22-7-5-20(6-8-22)18-30-14-16-35(32,33)17-15-30/h3-13,19H,14-18H2,1-2H3,(H,27,29). The van der Waals surface area contributed by atoms with E-state index in [1.165, 1.54) is 0 Å². The van der Waals surface area contributed by atoms with Crippen molar-refractivity contribution in [2.45, 2.75) is 19.6 Å². The first-order valence-corrected chi connectivity index (χ1v) is 13.5. The van der Waals surface area contributed by atoms with Gasteiger partial charge < -0.3 is 10.1 Å². The highest BCUT2D eigenvalue weighted by Gasteiger charge is 2.21. The molecule has 3 heterocycles. The molecule has 0 aliphatic carbocycles. The first-order chi connectivity index (χ1) is 16.9. The van der Waals surface area contributed by atoms with E-state index in [0.717, 1.165) is 40.1 Å². The predicted molar refractivity (Wildman–Crippen MR) is 138 cm³/mol. The molecule has 1 aliphatic rings. The number of benzene rings is 2. The average Bonchev–Trinajstić information content (AvgIpc) is 3.28. The van der Waals surface area contributed by atoms with E-state index in [1.54, 1.807) is 11.6 Å². The third-order valence-corrected chi connectivity index (χ3v) is 8.07. The van der Waals surface area contributed by atoms with Crippen LogP contribution in [0.3, 0.4) is 0 Å². The molecule has 182 valence electrons. The Morgan fingerprint density at radius 1 is 1.03 bits per heavy atom. The zero-order chi connectivity index (χ0) is 24.4. The summed E-state index contributed by atoms with van der Waals surface area (Å²) in [6.07, 6.45) is 1.93. The number of aromatic nitrogens is 3. The number of ether oxygens (including phenoxy) is 1. The number of hydrogen-bond donors (Lipinski definition) is 1. The quantitative estimate of drug-likeness (QED) is 0.417. The number of nitrogens with one attached hydrogen (secondary N) is 1. The fourth-order valence-electron chi connectivity index (χ4n) is 4.24. The second-order valence-corrected chi connectivity index (χ2v) is 11.2. The van der Waals surface area contributed by atoms with Gasteiger partial charge in [0.25, 0.3) is 0 Å². The summed E-state index contributed by atoms with van der Waals surface area (Å²) in [5, 5.41) is 7.87. The van der Waals surface area contributed by atoms with Crippen molar-refractivity contribution >= 4 is 27.1 Å². The molecule has 0 radical (unpaired) electrons. The molecule has 2 aromatic heterocycles. The van der Waals surface area contributed by atoms with Crippen molar-refractivity contribution in [3.8, 4) is 11.1 Å². The van der Waals surface area contributed by atoms with Gasteiger partial charge in [-0.2, -0.15) is 4.98 Å². The highest BCUT2D eigenvalue weighted by molar-refractivity contribution is 7.91. The van der Waals surface area contributed by atoms with Crippen molar-refractivity contribution in [1.29, 1.82) is 0 Å². The Balaban J connectivity index is 1.32. The molecule has 0 amide bonds. The summed E-state index contributed by atoms with van der Waals surface area (Å²) >= 11 is 0. The molecule has 1 unspecified atom stereocenters. The van der Waals surface area contributed by atoms with Crippen molar-refractivity contribution < 1.29 is 13.2 Å². The third kappa shape index (κ3) is 5.37. The van der Waals surface area contributed by atoms with Gasteiger partial charge in [0.05, 0.1) is 17.6 Å². The van der Waals surface area contributed by atoms with Crippen LogP contribution in [0.25, 0.3) is 16.8 Å². The predicted octanol–water partition coefficient (Wildman–Crippen LogP) is 4.08. The van der Waals surface area contributed by atoms with Gasteiger partial charge in [0.15, 0.2) is 15.5 Å². The van der Waals surface area contributed by atoms with Gasteiger partial charge in [0.1, 0.15) is 0 Å². The molecule has 8 nitrogen and oxygen atoms in total. The number of sulfone groups is 1. The molecule has 1 fully saturated rings. The van der Waals surface area contributed by atoms with Crippen LogP contribution in [-0.4, -0.2) is 59.6 Å². The van der Waals surface area contributed by atoms with Crippen LogP contribution in [0.4, 0.5) is 11.6 Å². The first-order valence-electron chi connectivity index (χ1n) is 11.7. The maximum absolute atomic E-state index is 11.7. The van der Waals surface area contributed by atoms with Crippen molar-refractivity contribution in [1.82, 2.24) is 19.5 Å². The van der Waals surface area contributed by atoms with Crippen LogP contribution < -0.4 is 5.32 Å². The Bertz CT molecular complexity index is 1400. The zero-order valence-electron chi connectivity index (χ0n) is 19.9. The van der Waals surface area contributed by atoms with E-state index in [0.29, 0.717) is 19.0 Å². The van der Waals surface area contributed by atoms with Gasteiger partial charge in [-0.25, -0.2) is 12.9 Å². The summed E-state index contributed by atoms with van der Waals surface area (Å²) < 4.78 is 30.5. The molecule has 1 N–H and O–H groups in total. The molecule has 4 aromatic rings. The van der Waals surface area contributed by atoms with Crippen LogP contribution in [0.2, 0.25) is 0 Å². The maximum atomic E-state index is 11.7. The van der Waals surface area contributed by atoms with Crippen LogP contribution in [0, 0.1) is 0 Å². The van der Waals surface area contributed by atoms with E-state index < -0.39 is 9.84 Å². The normalized spacial score (nSPS) is 16.9. The zero-order valence-corrected chi connectivity index (χ0v) is 20.7. The van der Waals surface area contributed by atoms with Crippen molar-refractivity contribution in [3.05, 3.63) is 78.0 Å². The summed E-state index contributed by atoms with van der Waals surface area (Å²) in [5.41, 5.74) is 6.00. The van der Waals surface area contributed by atoms with E-state index in [9.17, 15) is 8.42 Å². The maximum Gasteiger partial charge on any atom is 0.247 e. The van der Waals surface area contributed by atoms with Crippen LogP contribution in [-0.2, 0) is 21.1 Å². The van der Waals surface area contributed by atoms with Gasteiger partial charge in [-0.1, -0.05) is 36.4 Å². The molecule has 1 saturated heterocycles. The molecular formula is C26H29N5O3S. The molecule has 5 rings (SSSR count). The first kappa shape index (κ1) is 23.5. The molecule has 0 spiro atoms. The monoisotopic (exact) mass is 491 g/mol. The van der Waals surface area contributed by atoms with E-state index in [2.05, 4.69) is 39.6 Å². The van der Waals surface area contributed by atoms with Crippen LogP contribution >= 0.6 is 0 Å². The van der Waals surface area contributed by atoms with Gasteiger partial charge in [-0.05, 0) is 47.9 Å². The molecule has 35 heavy (non-hydrogen) atoms. The molecule has 9 heteroatoms. The summed E-state index contributed by atoms with van der Waals surface area (Å²) in [6, 6.07) is 20.4. The lowest BCUT2D eigenvalue weighted by Crippen LogP contribution is -2.39. The van der Waals surface area contributed by atoms with Crippen molar-refractivity contribution in [3.63, 3.8) is 0 Å². The second kappa shape index (κ2) is 9.77. The van der Waals surface area contributed by atoms with Crippen molar-refractivity contribution in [2.24, 2.45) is 0 Å². The fourth-order valence-corrected chi connectivity index (χ4v) is 5.52. The van der Waals surface area contributed by atoms with Crippen molar-refractivity contribution in [2.75, 3.05) is 37.0 Å². The van der Waals surface area contributed by atoms with Crippen LogP contribution in [0.15, 0.2) is 66.9 Å². The number of pyridine rings is 1. The minimum absolute atomic E-state index is 0.0438. The van der Waals surface area contributed by atoms with Gasteiger partial charge in [0.2, 0.25) is 5.95 Å². The minimum Gasteiger partial charge on any atom is -0.377 e. The highest BCUT2D eigenvalue weighted by atomic mass is 32.2. The Hall–Kier alpha value is -3.27. The largest absolute Gasteiger partial charge is 0.377 e. The SMILES string of the molecule is COC(C)c1ccc(Nc2nc3c(-c4ccc(CN5CCS(=O)(=O)CC5)cc4)cccn3n2)cc1. The van der Waals surface area contributed by atoms with Gasteiger partial charge in [-0.3, -0.25) is 4.90 Å². The average molecular weight is 492 g/mol. The Labute approximate surface area is 205 Å². The lowest BCUT2D eigenvalue weighted by Gasteiger charge is -2.26. The summed E-state index contributed by atoms with van der Waals surface area (Å²) in [7, 11) is -1.16. The Morgan fingerprint density at radius 2 is 1.74 bits per heavy atom. The summed E-state index contributed by atoms with van der Waals surface area (Å²) in [5.74, 6) is 1.01. The highest BCUT2D eigenvalue weighted by Crippen LogP contribution is 2.26. The second-order valence-electron chi connectivity index (χ2n) is 8.88. The number of anilines is 2. The molecule has 1 aliphatic heterocycles. The number of nitrogens with zero attached hydrogens (tertiary/aromatic N) is 4. The van der Waals surface area contributed by atoms with Gasteiger partial charge in [-0.15, -0.1) is 5.10 Å². The third-order valence-electron chi connectivity index (χ3n) is 6.46. The van der Waals surface area contributed by atoms with Gasteiger partial charge in [0, 0.05) is 44.2 Å². The molecule has 0 saturated carbocycles. The smallest absolute Gasteiger partial charge is 0.247 e. The lowest BCUT2D eigenvalue weighted by atomic mass is 10.0. The topological polar surface area (TPSA) is 88.8 Å². The number of fused-ring (bicyclic) bond motifs is 1. The van der Waals surface area contributed by atoms with E-state index in [1.807, 2.05) is 49.5 Å². The van der Waals surface area contributed by atoms with Crippen LogP contribution in [0.1, 0.15) is 24.2 Å². The molecule has 0 bridgehead atoms. The minimum atomic E-state index is -2.86. The number of rotatable bonds is 7. The molecular weight excluding hydrogens is 462 g/mol. The van der Waals surface area contributed by atoms with E-state index in [-0.39, 0.29) is 17.6 Å². The lowest BCUT2D eigenvalue weighted by molar-refractivity contribution is 0.119. The number of methoxy groups -OCH3 is 1. The number of hydrogen-bond acceptors (Lipinski definition) is 7.